The Bertz CT molecular complexity index is 912. The van der Waals surface area contributed by atoms with E-state index in [1.165, 1.54) is 6.20 Å². The second-order valence-electron chi connectivity index (χ2n) is 4.88. The Morgan fingerprint density at radius 1 is 1.55 bits per heavy atom. The molecule has 0 unspecified atom stereocenters. The topological polar surface area (TPSA) is 92.3 Å². The quantitative estimate of drug-likeness (QED) is 0.858. The van der Waals surface area contributed by atoms with E-state index in [0.29, 0.717) is 0 Å². The average Bonchev–Trinajstić information content (AvgIpc) is 3.28. The normalized spacial score (nSPS) is 13.9. The highest BCUT2D eigenvalue weighted by Crippen LogP contribution is 2.39. The van der Waals surface area contributed by atoms with Gasteiger partial charge in [0.25, 0.3) is 0 Å². The molecule has 8 heteroatoms. The molecule has 1 aromatic heterocycles. The Balaban J connectivity index is 2.45. The SMILES string of the molecule is N#Cc1c(Cl)c(F)cc2c(=O)c(OC(=O)O)cn(C3CC3)c12. The van der Waals surface area contributed by atoms with E-state index >= 15 is 0 Å². The van der Waals surface area contributed by atoms with E-state index in [4.69, 9.17) is 16.7 Å². The van der Waals surface area contributed by atoms with Crippen LogP contribution in [0.25, 0.3) is 10.9 Å². The molecule has 3 rings (SSSR count). The molecule has 112 valence electrons. The Kier molecular flexibility index (Phi) is 3.26. The summed E-state index contributed by atoms with van der Waals surface area (Å²) in [6.07, 6.45) is 1.17. The molecule has 0 bridgehead atoms. The summed E-state index contributed by atoms with van der Waals surface area (Å²) in [7, 11) is 0. The van der Waals surface area contributed by atoms with Crippen LogP contribution >= 0.6 is 11.6 Å². The molecule has 6 nitrogen and oxygen atoms in total. The van der Waals surface area contributed by atoms with Gasteiger partial charge in [0, 0.05) is 6.04 Å². The maximum atomic E-state index is 13.8. The monoisotopic (exact) mass is 322 g/mol. The highest BCUT2D eigenvalue weighted by atomic mass is 35.5. The van der Waals surface area contributed by atoms with Gasteiger partial charge in [0.05, 0.1) is 27.7 Å². The van der Waals surface area contributed by atoms with Crippen LogP contribution in [0.15, 0.2) is 17.1 Å². The summed E-state index contributed by atoms with van der Waals surface area (Å²) in [4.78, 5) is 23.0. The lowest BCUT2D eigenvalue weighted by Crippen LogP contribution is -2.17. The summed E-state index contributed by atoms with van der Waals surface area (Å²) < 4.78 is 19.8. The molecule has 0 aliphatic heterocycles. The van der Waals surface area contributed by atoms with Crippen molar-refractivity contribution in [2.24, 2.45) is 0 Å². The molecule has 0 saturated heterocycles. The van der Waals surface area contributed by atoms with Crippen LogP contribution in [0.5, 0.6) is 5.75 Å². The minimum atomic E-state index is -1.64. The first-order valence-corrected chi connectivity index (χ1v) is 6.69. The van der Waals surface area contributed by atoms with Gasteiger partial charge in [-0.3, -0.25) is 4.79 Å². The van der Waals surface area contributed by atoms with Gasteiger partial charge >= 0.3 is 6.16 Å². The van der Waals surface area contributed by atoms with Crippen LogP contribution in [0.1, 0.15) is 24.4 Å². The van der Waals surface area contributed by atoms with Crippen LogP contribution in [0, 0.1) is 17.1 Å². The molecule has 1 aliphatic rings. The smallest absolute Gasteiger partial charge is 0.449 e. The van der Waals surface area contributed by atoms with E-state index in [9.17, 15) is 19.2 Å². The molecule has 0 spiro atoms. The Labute approximate surface area is 127 Å². The summed E-state index contributed by atoms with van der Waals surface area (Å²) >= 11 is 5.81. The molecule has 1 aromatic carbocycles. The van der Waals surface area contributed by atoms with Crippen LogP contribution in [0.2, 0.25) is 5.02 Å². The number of carbonyl (C=O) groups is 1. The number of pyridine rings is 1. The summed E-state index contributed by atoms with van der Waals surface area (Å²) in [5, 5.41) is 17.4. The van der Waals surface area contributed by atoms with Crippen molar-refractivity contribution in [3.05, 3.63) is 38.9 Å². The van der Waals surface area contributed by atoms with Crippen LogP contribution in [0.4, 0.5) is 9.18 Å². The van der Waals surface area contributed by atoms with Gasteiger partial charge in [0.2, 0.25) is 5.43 Å². The van der Waals surface area contributed by atoms with Crippen molar-refractivity contribution in [2.75, 3.05) is 0 Å². The first-order chi connectivity index (χ1) is 10.4. The zero-order valence-electron chi connectivity index (χ0n) is 11.0. The molecule has 0 radical (unpaired) electrons. The number of fused-ring (bicyclic) bond motifs is 1. The number of benzene rings is 1. The molecule has 2 aromatic rings. The van der Waals surface area contributed by atoms with Gasteiger partial charge in [-0.05, 0) is 18.9 Å². The van der Waals surface area contributed by atoms with Gasteiger partial charge in [0.1, 0.15) is 11.9 Å². The predicted molar refractivity (Wildman–Crippen MR) is 74.8 cm³/mol. The molecule has 1 saturated carbocycles. The molecule has 1 N–H and O–H groups in total. The average molecular weight is 323 g/mol. The van der Waals surface area contributed by atoms with E-state index in [1.807, 2.05) is 0 Å². The summed E-state index contributed by atoms with van der Waals surface area (Å²) in [6, 6.07) is 2.69. The van der Waals surface area contributed by atoms with Gasteiger partial charge in [-0.15, -0.1) is 0 Å². The van der Waals surface area contributed by atoms with Crippen molar-refractivity contribution in [3.63, 3.8) is 0 Å². The Morgan fingerprint density at radius 2 is 2.23 bits per heavy atom. The van der Waals surface area contributed by atoms with Gasteiger partial charge in [-0.1, -0.05) is 11.6 Å². The summed E-state index contributed by atoms with van der Waals surface area (Å²) in [6.45, 7) is 0. The first-order valence-electron chi connectivity index (χ1n) is 6.31. The minimum Gasteiger partial charge on any atom is -0.449 e. The van der Waals surface area contributed by atoms with Crippen LogP contribution < -0.4 is 10.2 Å². The van der Waals surface area contributed by atoms with Crippen LogP contribution in [-0.2, 0) is 0 Å². The van der Waals surface area contributed by atoms with Gasteiger partial charge in [-0.2, -0.15) is 5.26 Å². The number of nitriles is 1. The molecule has 1 fully saturated rings. The lowest BCUT2D eigenvalue weighted by molar-refractivity contribution is 0.143. The van der Waals surface area contributed by atoms with Crippen molar-refractivity contribution in [3.8, 4) is 11.8 Å². The Hall–Kier alpha value is -2.59. The molecular weight excluding hydrogens is 315 g/mol. The fraction of sp³-hybridized carbons (Fsp3) is 0.214. The zero-order chi connectivity index (χ0) is 16.0. The number of hydrogen-bond acceptors (Lipinski definition) is 4. The van der Waals surface area contributed by atoms with Crippen LogP contribution in [0.3, 0.4) is 0 Å². The molecule has 1 heterocycles. The molecule has 1 aliphatic carbocycles. The summed E-state index contributed by atoms with van der Waals surface area (Å²) in [5.41, 5.74) is -0.761. The first kappa shape index (κ1) is 14.4. The van der Waals surface area contributed by atoms with E-state index < -0.39 is 23.2 Å². The largest absolute Gasteiger partial charge is 0.511 e. The maximum absolute atomic E-state index is 13.8. The van der Waals surface area contributed by atoms with E-state index in [0.717, 1.165) is 18.9 Å². The molecule has 0 amide bonds. The minimum absolute atomic E-state index is 0.00660. The van der Waals surface area contributed by atoms with E-state index in [1.54, 1.807) is 10.6 Å². The number of carboxylic acid groups (broad SMARTS) is 1. The number of aromatic nitrogens is 1. The third kappa shape index (κ3) is 2.18. The standard InChI is InChI=1S/C14H8ClFN2O4/c15-11-8(4-17)12-7(3-9(11)16)13(19)10(22-14(20)21)5-18(12)6-1-2-6/h3,5-6H,1-2H2,(H,20,21). The van der Waals surface area contributed by atoms with Crippen molar-refractivity contribution < 1.29 is 19.0 Å². The van der Waals surface area contributed by atoms with Crippen molar-refractivity contribution in [1.82, 2.24) is 4.57 Å². The zero-order valence-corrected chi connectivity index (χ0v) is 11.7. The van der Waals surface area contributed by atoms with Crippen molar-refractivity contribution >= 4 is 28.7 Å². The second kappa shape index (κ2) is 5.00. The lowest BCUT2D eigenvalue weighted by Gasteiger charge is -2.14. The van der Waals surface area contributed by atoms with E-state index in [2.05, 4.69) is 4.74 Å². The predicted octanol–water partition coefficient (Wildman–Crippen LogP) is 3.06. The highest BCUT2D eigenvalue weighted by molar-refractivity contribution is 6.32. The second-order valence-corrected chi connectivity index (χ2v) is 5.26. The number of rotatable bonds is 2. The highest BCUT2D eigenvalue weighted by Gasteiger charge is 2.29. The van der Waals surface area contributed by atoms with Crippen molar-refractivity contribution in [2.45, 2.75) is 18.9 Å². The van der Waals surface area contributed by atoms with Gasteiger partial charge < -0.3 is 14.4 Å². The van der Waals surface area contributed by atoms with Gasteiger partial charge in [0.15, 0.2) is 5.75 Å². The number of halogens is 2. The number of ether oxygens (including phenoxy) is 1. The van der Waals surface area contributed by atoms with E-state index in [-0.39, 0.29) is 27.5 Å². The third-order valence-electron chi connectivity index (χ3n) is 3.42. The fourth-order valence-corrected chi connectivity index (χ4v) is 2.54. The molecular formula is C14H8ClFN2O4. The number of nitrogens with zero attached hydrogens (tertiary/aromatic N) is 2. The lowest BCUT2D eigenvalue weighted by atomic mass is 10.1. The summed E-state index contributed by atoms with van der Waals surface area (Å²) in [5.74, 6) is -1.35. The molecule has 0 atom stereocenters. The van der Waals surface area contributed by atoms with Crippen LogP contribution in [-0.4, -0.2) is 15.8 Å². The molecule has 22 heavy (non-hydrogen) atoms. The maximum Gasteiger partial charge on any atom is 0.511 e. The third-order valence-corrected chi connectivity index (χ3v) is 3.79. The Morgan fingerprint density at radius 3 is 2.77 bits per heavy atom. The van der Waals surface area contributed by atoms with Gasteiger partial charge in [-0.25, -0.2) is 9.18 Å². The number of hydrogen-bond donors (Lipinski definition) is 1. The fourth-order valence-electron chi connectivity index (χ4n) is 2.35. The van der Waals surface area contributed by atoms with Crippen molar-refractivity contribution in [1.29, 1.82) is 5.26 Å².